The maximum absolute atomic E-state index is 14.1. The summed E-state index contributed by atoms with van der Waals surface area (Å²) in [5, 5.41) is 6.37. The molecular weight excluding hydrogens is 459 g/mol. The summed E-state index contributed by atoms with van der Waals surface area (Å²) in [4.78, 5) is 40.2. The number of nitrogens with zero attached hydrogens (tertiary/aromatic N) is 2. The number of urea groups is 1. The lowest BCUT2D eigenvalue weighted by Gasteiger charge is -2.24. The van der Waals surface area contributed by atoms with Gasteiger partial charge in [-0.15, -0.1) is 0 Å². The van der Waals surface area contributed by atoms with E-state index in [1.165, 1.54) is 11.0 Å². The van der Waals surface area contributed by atoms with Crippen LogP contribution < -0.4 is 10.6 Å². The average Bonchev–Trinajstić information content (AvgIpc) is 3.46. The fourth-order valence-corrected chi connectivity index (χ4v) is 4.64. The SMILES string of the molecule is O=C(NCc1cccc(Cl)c1F)[C@@H]1CCCN1C(=O)Nc1cn(C(=O)C2CC2)c2ccccc12. The molecule has 1 saturated carbocycles. The van der Waals surface area contributed by atoms with Crippen molar-refractivity contribution in [2.24, 2.45) is 5.92 Å². The van der Waals surface area contributed by atoms with Crippen LogP contribution in [0.1, 0.15) is 36.0 Å². The molecule has 0 unspecified atom stereocenters. The molecule has 2 aliphatic rings. The number of aromatic nitrogens is 1. The Hall–Kier alpha value is -3.39. The highest BCUT2D eigenvalue weighted by molar-refractivity contribution is 6.30. The third kappa shape index (κ3) is 4.25. The van der Waals surface area contributed by atoms with Gasteiger partial charge < -0.3 is 15.5 Å². The third-order valence-electron chi connectivity index (χ3n) is 6.42. The van der Waals surface area contributed by atoms with E-state index >= 15 is 0 Å². The van der Waals surface area contributed by atoms with Crippen molar-refractivity contribution in [3.05, 3.63) is 65.1 Å². The molecule has 0 radical (unpaired) electrons. The standard InChI is InChI=1S/C25H24ClFN4O3/c26-18-7-3-5-16(22(18)27)13-28-23(32)21-9-4-12-30(21)25(34)29-19-14-31(24(33)15-10-11-15)20-8-2-1-6-17(19)20/h1-3,5-8,14-15,21H,4,9-13H2,(H,28,32)(H,29,34)/t21-/m0/s1. The van der Waals surface area contributed by atoms with Crippen molar-refractivity contribution in [3.63, 3.8) is 0 Å². The molecule has 1 aliphatic heterocycles. The van der Waals surface area contributed by atoms with Gasteiger partial charge in [0.05, 0.1) is 16.2 Å². The van der Waals surface area contributed by atoms with Crippen molar-refractivity contribution in [2.75, 3.05) is 11.9 Å². The van der Waals surface area contributed by atoms with Gasteiger partial charge in [0.2, 0.25) is 11.8 Å². The highest BCUT2D eigenvalue weighted by atomic mass is 35.5. The van der Waals surface area contributed by atoms with E-state index in [0.29, 0.717) is 25.1 Å². The number of fused-ring (bicyclic) bond motifs is 1. The van der Waals surface area contributed by atoms with E-state index in [1.807, 2.05) is 24.3 Å². The minimum Gasteiger partial charge on any atom is -0.350 e. The Labute approximate surface area is 200 Å². The van der Waals surface area contributed by atoms with Gasteiger partial charge in [-0.2, -0.15) is 0 Å². The average molecular weight is 483 g/mol. The predicted octanol–water partition coefficient (Wildman–Crippen LogP) is 4.80. The number of hydrogen-bond donors (Lipinski definition) is 2. The first kappa shape index (κ1) is 22.4. The second kappa shape index (κ2) is 9.10. The summed E-state index contributed by atoms with van der Waals surface area (Å²) in [5.74, 6) is -0.847. The number of halogens is 2. The van der Waals surface area contributed by atoms with Gasteiger partial charge in [0, 0.05) is 36.2 Å². The van der Waals surface area contributed by atoms with E-state index in [2.05, 4.69) is 10.6 Å². The molecule has 9 heteroatoms. The topological polar surface area (TPSA) is 83.4 Å². The Morgan fingerprint density at radius 3 is 2.65 bits per heavy atom. The Bertz CT molecular complexity index is 1290. The van der Waals surface area contributed by atoms with Gasteiger partial charge in [-0.3, -0.25) is 14.2 Å². The first-order valence-corrected chi connectivity index (χ1v) is 11.7. The van der Waals surface area contributed by atoms with Gasteiger partial charge in [0.1, 0.15) is 11.9 Å². The van der Waals surface area contributed by atoms with Crippen LogP contribution in [0.2, 0.25) is 5.02 Å². The zero-order valence-electron chi connectivity index (χ0n) is 18.4. The number of para-hydroxylation sites is 1. The highest BCUT2D eigenvalue weighted by Crippen LogP contribution is 2.34. The molecule has 5 rings (SSSR count). The Kier molecular flexibility index (Phi) is 6.00. The van der Waals surface area contributed by atoms with Crippen LogP contribution in [0, 0.1) is 11.7 Å². The molecule has 176 valence electrons. The smallest absolute Gasteiger partial charge is 0.322 e. The summed E-state index contributed by atoms with van der Waals surface area (Å²) in [6, 6.07) is 11.0. The van der Waals surface area contributed by atoms with Crippen LogP contribution in [0.15, 0.2) is 48.7 Å². The number of nitrogens with one attached hydrogen (secondary N) is 2. The summed E-state index contributed by atoms with van der Waals surface area (Å²) in [7, 11) is 0. The molecule has 2 fully saturated rings. The quantitative estimate of drug-likeness (QED) is 0.548. The zero-order valence-corrected chi connectivity index (χ0v) is 19.1. The zero-order chi connectivity index (χ0) is 23.8. The second-order valence-corrected chi connectivity index (χ2v) is 9.16. The Balaban J connectivity index is 1.30. The molecular formula is C25H24ClFN4O3. The Morgan fingerprint density at radius 2 is 1.85 bits per heavy atom. The number of amides is 3. The molecule has 2 aromatic carbocycles. The van der Waals surface area contributed by atoms with Crippen LogP contribution in [0.25, 0.3) is 10.9 Å². The minimum absolute atomic E-state index is 0.00653. The monoisotopic (exact) mass is 482 g/mol. The lowest BCUT2D eigenvalue weighted by molar-refractivity contribution is -0.124. The van der Waals surface area contributed by atoms with Crippen LogP contribution in [-0.4, -0.2) is 39.9 Å². The van der Waals surface area contributed by atoms with Crippen molar-refractivity contribution in [3.8, 4) is 0 Å². The van der Waals surface area contributed by atoms with E-state index < -0.39 is 17.9 Å². The van der Waals surface area contributed by atoms with Gasteiger partial charge in [-0.1, -0.05) is 41.9 Å². The summed E-state index contributed by atoms with van der Waals surface area (Å²) >= 11 is 5.81. The lowest BCUT2D eigenvalue weighted by Crippen LogP contribution is -2.47. The summed E-state index contributed by atoms with van der Waals surface area (Å²) in [6.07, 6.45) is 4.63. The van der Waals surface area contributed by atoms with E-state index in [0.717, 1.165) is 23.7 Å². The molecule has 7 nitrogen and oxygen atoms in total. The molecule has 2 heterocycles. The molecule has 1 aliphatic carbocycles. The van der Waals surface area contributed by atoms with Crippen LogP contribution >= 0.6 is 11.6 Å². The number of rotatable bonds is 5. The van der Waals surface area contributed by atoms with Gasteiger partial charge in [0.15, 0.2) is 0 Å². The maximum Gasteiger partial charge on any atom is 0.322 e. The normalized spacial score (nSPS) is 17.7. The fourth-order valence-electron chi connectivity index (χ4n) is 4.44. The first-order valence-electron chi connectivity index (χ1n) is 11.4. The number of benzene rings is 2. The van der Waals surface area contributed by atoms with E-state index in [9.17, 15) is 18.8 Å². The molecule has 34 heavy (non-hydrogen) atoms. The van der Waals surface area contributed by atoms with Crippen LogP contribution in [-0.2, 0) is 11.3 Å². The van der Waals surface area contributed by atoms with Gasteiger partial charge in [-0.05, 0) is 37.8 Å². The molecule has 0 spiro atoms. The number of carbonyl (C=O) groups excluding carboxylic acids is 3. The Morgan fingerprint density at radius 1 is 1.06 bits per heavy atom. The third-order valence-corrected chi connectivity index (χ3v) is 6.71. The molecule has 0 bridgehead atoms. The van der Waals surface area contributed by atoms with Crippen molar-refractivity contribution < 1.29 is 18.8 Å². The van der Waals surface area contributed by atoms with E-state index in [-0.39, 0.29) is 34.9 Å². The number of likely N-dealkylation sites (tertiary alicyclic amines) is 1. The first-order chi connectivity index (χ1) is 16.4. The summed E-state index contributed by atoms with van der Waals surface area (Å²) in [6.45, 7) is 0.406. The highest BCUT2D eigenvalue weighted by Gasteiger charge is 2.35. The van der Waals surface area contributed by atoms with Gasteiger partial charge >= 0.3 is 6.03 Å². The second-order valence-electron chi connectivity index (χ2n) is 8.75. The van der Waals surface area contributed by atoms with Gasteiger partial charge in [-0.25, -0.2) is 9.18 Å². The van der Waals surface area contributed by atoms with Crippen LogP contribution in [0.5, 0.6) is 0 Å². The van der Waals surface area contributed by atoms with Crippen molar-refractivity contribution in [1.82, 2.24) is 14.8 Å². The van der Waals surface area contributed by atoms with Crippen LogP contribution in [0.4, 0.5) is 14.9 Å². The molecule has 3 amide bonds. The summed E-state index contributed by atoms with van der Waals surface area (Å²) < 4.78 is 15.7. The van der Waals surface area contributed by atoms with Crippen molar-refractivity contribution in [1.29, 1.82) is 0 Å². The molecule has 1 aromatic heterocycles. The summed E-state index contributed by atoms with van der Waals surface area (Å²) in [5.41, 5.74) is 1.55. The van der Waals surface area contributed by atoms with Gasteiger partial charge in [0.25, 0.3) is 0 Å². The fraction of sp³-hybridized carbons (Fsp3) is 0.320. The minimum atomic E-state index is -0.663. The predicted molar refractivity (Wildman–Crippen MR) is 127 cm³/mol. The molecule has 3 aromatic rings. The number of carbonyl (C=O) groups is 3. The molecule has 1 saturated heterocycles. The maximum atomic E-state index is 14.1. The largest absolute Gasteiger partial charge is 0.350 e. The molecule has 1 atom stereocenters. The van der Waals surface area contributed by atoms with Crippen molar-refractivity contribution in [2.45, 2.75) is 38.3 Å². The lowest BCUT2D eigenvalue weighted by atomic mass is 10.1. The van der Waals surface area contributed by atoms with Crippen LogP contribution in [0.3, 0.4) is 0 Å². The van der Waals surface area contributed by atoms with E-state index in [4.69, 9.17) is 11.6 Å². The van der Waals surface area contributed by atoms with E-state index in [1.54, 1.807) is 22.9 Å². The molecule has 2 N–H and O–H groups in total. The van der Waals surface area contributed by atoms with Crippen molar-refractivity contribution >= 4 is 46.0 Å². The number of anilines is 1. The number of hydrogen-bond acceptors (Lipinski definition) is 3.